The van der Waals surface area contributed by atoms with Crippen molar-refractivity contribution in [2.45, 2.75) is 12.5 Å². The number of aromatic nitrogens is 1. The van der Waals surface area contributed by atoms with E-state index in [9.17, 15) is 0 Å². The van der Waals surface area contributed by atoms with Crippen LogP contribution in [0.25, 0.3) is 0 Å². The smallest absolute Gasteiger partial charge is 0.131 e. The van der Waals surface area contributed by atoms with E-state index in [1.54, 1.807) is 12.3 Å². The molecule has 4 rings (SSSR count). The molecule has 0 saturated carbocycles. The zero-order valence-electron chi connectivity index (χ0n) is 17.9. The van der Waals surface area contributed by atoms with Gasteiger partial charge < -0.3 is 11.1 Å². The molecule has 0 bridgehead atoms. The minimum absolute atomic E-state index is 0.378. The first-order valence-corrected chi connectivity index (χ1v) is 10.9. The highest BCUT2D eigenvalue weighted by atomic mass is 35.5. The summed E-state index contributed by atoms with van der Waals surface area (Å²) in [7, 11) is 0. The fourth-order valence-electron chi connectivity index (χ4n) is 3.98. The van der Waals surface area contributed by atoms with Gasteiger partial charge in [-0.15, -0.1) is 0 Å². The van der Waals surface area contributed by atoms with Crippen molar-refractivity contribution < 1.29 is 0 Å². The summed E-state index contributed by atoms with van der Waals surface area (Å²) in [6, 6.07) is 32.9. The Hall–Kier alpha value is -3.63. The lowest BCUT2D eigenvalue weighted by molar-refractivity contribution is 0.711. The van der Waals surface area contributed by atoms with Crippen molar-refractivity contribution in [3.63, 3.8) is 0 Å². The van der Waals surface area contributed by atoms with Gasteiger partial charge in [0.1, 0.15) is 16.5 Å². The van der Waals surface area contributed by atoms with Crippen LogP contribution in [0.5, 0.6) is 0 Å². The molecule has 0 spiro atoms. The van der Waals surface area contributed by atoms with E-state index in [-0.39, 0.29) is 0 Å². The molecule has 3 N–H and O–H groups in total. The summed E-state index contributed by atoms with van der Waals surface area (Å²) in [5, 5.41) is 4.18. The van der Waals surface area contributed by atoms with Gasteiger partial charge in [-0.3, -0.25) is 4.99 Å². The number of nitrogens with two attached hydrogens (primary N) is 1. The van der Waals surface area contributed by atoms with E-state index in [1.165, 1.54) is 0 Å². The number of hydrogen-bond acceptors (Lipinski definition) is 3. The predicted molar refractivity (Wildman–Crippen MR) is 133 cm³/mol. The number of halogens is 1. The van der Waals surface area contributed by atoms with E-state index in [4.69, 9.17) is 17.3 Å². The van der Waals surface area contributed by atoms with Gasteiger partial charge in [-0.05, 0) is 29.7 Å². The summed E-state index contributed by atoms with van der Waals surface area (Å²) in [5.41, 5.74) is 10.3. The van der Waals surface area contributed by atoms with E-state index < -0.39 is 5.54 Å². The third-order valence-corrected chi connectivity index (χ3v) is 5.62. The average Bonchev–Trinajstić information content (AvgIpc) is 2.84. The summed E-state index contributed by atoms with van der Waals surface area (Å²) in [5.74, 6) is 0.419. The van der Waals surface area contributed by atoms with Crippen LogP contribution in [-0.4, -0.2) is 17.4 Å². The average molecular weight is 441 g/mol. The molecule has 0 unspecified atom stereocenters. The summed E-state index contributed by atoms with van der Waals surface area (Å²) in [4.78, 5) is 8.66. The van der Waals surface area contributed by atoms with Crippen molar-refractivity contribution in [1.29, 1.82) is 0 Å². The van der Waals surface area contributed by atoms with Crippen LogP contribution in [-0.2, 0) is 5.54 Å². The number of rotatable bonds is 7. The van der Waals surface area contributed by atoms with Crippen molar-refractivity contribution in [2.24, 2.45) is 10.7 Å². The van der Waals surface area contributed by atoms with Crippen LogP contribution >= 0.6 is 11.6 Å². The SMILES string of the molecule is CCN=C(N)c1cnc(Cl)cc1NC(c1ccccc1)(c1ccccc1)c1ccccc1. The van der Waals surface area contributed by atoms with Gasteiger partial charge in [-0.25, -0.2) is 4.98 Å². The molecule has 0 atom stereocenters. The summed E-state index contributed by atoms with van der Waals surface area (Å²) < 4.78 is 0. The van der Waals surface area contributed by atoms with Crippen molar-refractivity contribution >= 4 is 23.1 Å². The third kappa shape index (κ3) is 4.23. The molecular formula is C27H25ClN4. The Morgan fingerprint density at radius 1 is 0.875 bits per heavy atom. The number of nitrogens with one attached hydrogen (secondary N) is 1. The van der Waals surface area contributed by atoms with Crippen molar-refractivity contribution in [3.8, 4) is 0 Å². The minimum Gasteiger partial charge on any atom is -0.383 e. The molecule has 5 heteroatoms. The fraction of sp³-hybridized carbons (Fsp3) is 0.111. The minimum atomic E-state index is -0.699. The highest BCUT2D eigenvalue weighted by molar-refractivity contribution is 6.29. The molecule has 0 fully saturated rings. The molecule has 0 radical (unpaired) electrons. The molecule has 0 saturated heterocycles. The van der Waals surface area contributed by atoms with Gasteiger partial charge in [0.2, 0.25) is 0 Å². The van der Waals surface area contributed by atoms with Crippen LogP contribution in [0.4, 0.5) is 5.69 Å². The highest BCUT2D eigenvalue weighted by Gasteiger charge is 2.37. The summed E-state index contributed by atoms with van der Waals surface area (Å²) in [6.45, 7) is 2.53. The molecule has 160 valence electrons. The zero-order valence-corrected chi connectivity index (χ0v) is 18.6. The molecule has 0 amide bonds. The van der Waals surface area contributed by atoms with Crippen molar-refractivity contribution in [2.75, 3.05) is 11.9 Å². The van der Waals surface area contributed by atoms with Gasteiger partial charge >= 0.3 is 0 Å². The largest absolute Gasteiger partial charge is 0.383 e. The molecule has 4 nitrogen and oxygen atoms in total. The lowest BCUT2D eigenvalue weighted by atomic mass is 9.76. The number of pyridine rings is 1. The Morgan fingerprint density at radius 2 is 1.34 bits per heavy atom. The second-order valence-electron chi connectivity index (χ2n) is 7.39. The zero-order chi connectivity index (χ0) is 22.4. The van der Waals surface area contributed by atoms with Gasteiger partial charge in [-0.1, -0.05) is 103 Å². The van der Waals surface area contributed by atoms with E-state index in [1.807, 2.05) is 61.5 Å². The van der Waals surface area contributed by atoms with Crippen LogP contribution < -0.4 is 11.1 Å². The Kier molecular flexibility index (Phi) is 6.52. The fourth-order valence-corrected chi connectivity index (χ4v) is 4.13. The van der Waals surface area contributed by atoms with Crippen LogP contribution in [0.15, 0.2) is 108 Å². The molecule has 0 aliphatic rings. The predicted octanol–water partition coefficient (Wildman–Crippen LogP) is 5.86. The van der Waals surface area contributed by atoms with E-state index >= 15 is 0 Å². The molecule has 1 aromatic heterocycles. The van der Waals surface area contributed by atoms with Crippen LogP contribution in [0, 0.1) is 0 Å². The summed E-state index contributed by atoms with van der Waals surface area (Å²) >= 11 is 6.33. The van der Waals surface area contributed by atoms with E-state index in [0.29, 0.717) is 23.1 Å². The number of anilines is 1. The Bertz CT molecular complexity index is 1100. The van der Waals surface area contributed by atoms with Gasteiger partial charge in [0.15, 0.2) is 0 Å². The van der Waals surface area contributed by atoms with Gasteiger partial charge in [-0.2, -0.15) is 0 Å². The maximum Gasteiger partial charge on any atom is 0.131 e. The molecule has 4 aromatic rings. The van der Waals surface area contributed by atoms with E-state index in [0.717, 1.165) is 22.4 Å². The second kappa shape index (κ2) is 9.67. The molecule has 0 aliphatic carbocycles. The number of aliphatic imine (C=N–C) groups is 1. The normalized spacial score (nSPS) is 11.9. The standard InChI is InChI=1S/C27H25ClN4/c1-2-30-26(29)23-19-31-25(28)18-24(23)32-27(20-12-6-3-7-13-20,21-14-8-4-9-15-21)22-16-10-5-11-17-22/h3-19H,2H2,1H3,(H2,29,30)(H,31,32). The quantitative estimate of drug-likeness (QED) is 0.163. The molecule has 3 aromatic carbocycles. The number of amidine groups is 1. The van der Waals surface area contributed by atoms with Gasteiger partial charge in [0, 0.05) is 12.7 Å². The maximum atomic E-state index is 6.33. The molecular weight excluding hydrogens is 416 g/mol. The first kappa shape index (κ1) is 21.6. The Labute approximate surface area is 193 Å². The monoisotopic (exact) mass is 440 g/mol. The molecule has 0 aliphatic heterocycles. The topological polar surface area (TPSA) is 63.3 Å². The lowest BCUT2D eigenvalue weighted by Crippen LogP contribution is -2.39. The first-order chi connectivity index (χ1) is 15.6. The Balaban J connectivity index is 2.02. The number of benzene rings is 3. The number of nitrogens with zero attached hydrogens (tertiary/aromatic N) is 2. The molecule has 1 heterocycles. The lowest BCUT2D eigenvalue weighted by Gasteiger charge is -2.38. The van der Waals surface area contributed by atoms with E-state index in [2.05, 4.69) is 51.7 Å². The third-order valence-electron chi connectivity index (χ3n) is 5.42. The van der Waals surface area contributed by atoms with Crippen LogP contribution in [0.2, 0.25) is 5.15 Å². The Morgan fingerprint density at radius 3 is 1.78 bits per heavy atom. The van der Waals surface area contributed by atoms with Gasteiger partial charge in [0.05, 0.1) is 11.3 Å². The second-order valence-corrected chi connectivity index (χ2v) is 7.77. The van der Waals surface area contributed by atoms with Crippen LogP contribution in [0.3, 0.4) is 0 Å². The molecule has 32 heavy (non-hydrogen) atoms. The summed E-state index contributed by atoms with van der Waals surface area (Å²) in [6.07, 6.45) is 1.67. The first-order valence-electron chi connectivity index (χ1n) is 10.6. The highest BCUT2D eigenvalue weighted by Crippen LogP contribution is 2.40. The van der Waals surface area contributed by atoms with Crippen molar-refractivity contribution in [3.05, 3.63) is 131 Å². The number of hydrogen-bond donors (Lipinski definition) is 2. The maximum absolute atomic E-state index is 6.33. The van der Waals surface area contributed by atoms with Crippen LogP contribution in [0.1, 0.15) is 29.2 Å². The van der Waals surface area contributed by atoms with Gasteiger partial charge in [0.25, 0.3) is 0 Å². The van der Waals surface area contributed by atoms with Crippen molar-refractivity contribution in [1.82, 2.24) is 4.98 Å².